The number of anilines is 2. The minimum atomic E-state index is -0.415. The molecular weight excluding hydrogens is 500 g/mol. The maximum atomic E-state index is 12.0. The van der Waals surface area contributed by atoms with Crippen molar-refractivity contribution in [1.82, 2.24) is 19.7 Å². The zero-order valence-electron chi connectivity index (χ0n) is 21.8. The largest absolute Gasteiger partial charge is 0.447 e. The van der Waals surface area contributed by atoms with Gasteiger partial charge >= 0.3 is 6.09 Å². The summed E-state index contributed by atoms with van der Waals surface area (Å²) in [5, 5.41) is 5.85. The lowest BCUT2D eigenvalue weighted by atomic mass is 9.90. The minimum absolute atomic E-state index is 0.223. The van der Waals surface area contributed by atoms with E-state index < -0.39 is 5.79 Å². The zero-order valence-corrected chi connectivity index (χ0v) is 21.8. The summed E-state index contributed by atoms with van der Waals surface area (Å²) < 4.78 is 25.2. The van der Waals surface area contributed by atoms with Crippen molar-refractivity contribution in [1.29, 1.82) is 0 Å². The van der Waals surface area contributed by atoms with E-state index in [4.69, 9.17) is 34.0 Å². The fraction of sp³-hybridized carbons (Fsp3) is 0.571. The molecule has 1 aromatic carbocycles. The van der Waals surface area contributed by atoms with Crippen molar-refractivity contribution in [3.63, 3.8) is 0 Å². The van der Waals surface area contributed by atoms with Crippen molar-refractivity contribution in [2.24, 2.45) is 0 Å². The predicted octanol–water partition coefficient (Wildman–Crippen LogP) is 3.68. The Morgan fingerprint density at radius 1 is 0.897 bits per heavy atom. The van der Waals surface area contributed by atoms with Crippen molar-refractivity contribution in [3.8, 4) is 11.4 Å². The van der Waals surface area contributed by atoms with Gasteiger partial charge in [0.25, 0.3) is 0 Å². The molecule has 5 fully saturated rings. The second-order valence-electron chi connectivity index (χ2n) is 11.2. The molecule has 4 saturated heterocycles. The summed E-state index contributed by atoms with van der Waals surface area (Å²) in [5.74, 6) is 1.16. The number of aromatic nitrogens is 4. The molecule has 2 aromatic heterocycles. The van der Waals surface area contributed by atoms with Gasteiger partial charge in [-0.1, -0.05) is 0 Å². The molecule has 3 aromatic rings. The van der Waals surface area contributed by atoms with Gasteiger partial charge in [-0.05, 0) is 49.9 Å². The standard InChI is InChI=1S/C28H32N6O5/c35-27-33(11-12-36-27)19-3-1-18(2-4-19)24-30-25(32-16-21-5-6-22(17-32)39-21)23-15-29-34(26(23)31-24)20-7-9-28(10-8-20)37-13-14-38-28/h1-4,15,20-22H,5-14,16-17H2. The first-order valence-electron chi connectivity index (χ1n) is 14.1. The third-order valence-electron chi connectivity index (χ3n) is 8.85. The van der Waals surface area contributed by atoms with Crippen LogP contribution < -0.4 is 9.80 Å². The van der Waals surface area contributed by atoms with Gasteiger partial charge in [-0.2, -0.15) is 5.10 Å². The van der Waals surface area contributed by atoms with Crippen LogP contribution in [0.2, 0.25) is 0 Å². The first-order chi connectivity index (χ1) is 19.1. The zero-order chi connectivity index (χ0) is 26.0. The van der Waals surface area contributed by atoms with Gasteiger partial charge in [0.05, 0.1) is 49.6 Å². The Balaban J connectivity index is 1.17. The SMILES string of the molecule is O=C1OCCN1c1ccc(-c2nc(N3CC4CCC(C3)O4)c3cnn(C4CCC5(CC4)OCCO5)c3n2)cc1. The summed E-state index contributed by atoms with van der Waals surface area (Å²) in [6.07, 6.45) is 7.86. The fourth-order valence-corrected chi connectivity index (χ4v) is 6.83. The van der Waals surface area contributed by atoms with E-state index >= 15 is 0 Å². The molecule has 6 heterocycles. The molecule has 11 heteroatoms. The molecule has 2 atom stereocenters. The molecule has 8 rings (SSSR count). The lowest BCUT2D eigenvalue weighted by molar-refractivity contribution is -0.181. The van der Waals surface area contributed by atoms with E-state index in [1.165, 1.54) is 0 Å². The van der Waals surface area contributed by atoms with Crippen LogP contribution in [0.3, 0.4) is 0 Å². The predicted molar refractivity (Wildman–Crippen MR) is 142 cm³/mol. The van der Waals surface area contributed by atoms with Crippen molar-refractivity contribution in [2.75, 3.05) is 49.3 Å². The Morgan fingerprint density at radius 3 is 2.33 bits per heavy atom. The Hall–Kier alpha value is -3.28. The van der Waals surface area contributed by atoms with E-state index in [1.54, 1.807) is 4.90 Å². The average molecular weight is 533 g/mol. The van der Waals surface area contributed by atoms with Crippen LogP contribution in [0.1, 0.15) is 44.6 Å². The molecule has 39 heavy (non-hydrogen) atoms. The van der Waals surface area contributed by atoms with E-state index in [0.717, 1.165) is 79.7 Å². The van der Waals surface area contributed by atoms with Crippen LogP contribution in [0.15, 0.2) is 30.5 Å². The normalized spacial score (nSPS) is 26.7. The fourth-order valence-electron chi connectivity index (χ4n) is 6.83. The highest BCUT2D eigenvalue weighted by atomic mass is 16.7. The van der Waals surface area contributed by atoms with Crippen molar-refractivity contribution in [2.45, 2.75) is 62.6 Å². The summed E-state index contributed by atoms with van der Waals surface area (Å²) in [6, 6.07) is 8.05. The van der Waals surface area contributed by atoms with Crippen LogP contribution in [-0.2, 0) is 18.9 Å². The van der Waals surface area contributed by atoms with E-state index in [1.807, 2.05) is 30.5 Å². The summed E-state index contributed by atoms with van der Waals surface area (Å²) in [6.45, 7) is 3.97. The number of morpholine rings is 1. The smallest absolute Gasteiger partial charge is 0.414 e. The van der Waals surface area contributed by atoms with Gasteiger partial charge in [-0.15, -0.1) is 0 Å². The second-order valence-corrected chi connectivity index (χ2v) is 11.2. The summed E-state index contributed by atoms with van der Waals surface area (Å²) in [7, 11) is 0. The molecule has 0 radical (unpaired) electrons. The van der Waals surface area contributed by atoms with Gasteiger partial charge in [-0.3, -0.25) is 4.90 Å². The highest BCUT2D eigenvalue weighted by Crippen LogP contribution is 2.42. The highest BCUT2D eigenvalue weighted by molar-refractivity contribution is 5.90. The molecule has 204 valence electrons. The molecule has 5 aliphatic rings. The van der Waals surface area contributed by atoms with Gasteiger partial charge in [-0.25, -0.2) is 19.4 Å². The number of carbonyl (C=O) groups is 1. The number of amides is 1. The Bertz CT molecular complexity index is 1380. The first kappa shape index (κ1) is 23.6. The molecule has 2 unspecified atom stereocenters. The average Bonchev–Trinajstić information content (AvgIpc) is 3.77. The van der Waals surface area contributed by atoms with Gasteiger partial charge in [0, 0.05) is 37.2 Å². The molecule has 4 aliphatic heterocycles. The molecule has 2 bridgehead atoms. The molecule has 0 N–H and O–H groups in total. The monoisotopic (exact) mass is 532 g/mol. The van der Waals surface area contributed by atoms with Crippen LogP contribution in [0.4, 0.5) is 16.3 Å². The lowest BCUT2D eigenvalue weighted by Crippen LogP contribution is -2.43. The Morgan fingerprint density at radius 2 is 1.64 bits per heavy atom. The van der Waals surface area contributed by atoms with Gasteiger partial charge in [0.1, 0.15) is 12.4 Å². The number of ether oxygens (including phenoxy) is 4. The number of carbonyl (C=O) groups excluding carboxylic acids is 1. The number of fused-ring (bicyclic) bond motifs is 3. The molecule has 1 spiro atoms. The Labute approximate surface area is 226 Å². The van der Waals surface area contributed by atoms with E-state index in [0.29, 0.717) is 32.2 Å². The number of rotatable bonds is 4. The molecule has 1 saturated carbocycles. The Kier molecular flexibility index (Phi) is 5.53. The van der Waals surface area contributed by atoms with Gasteiger partial charge in [0.2, 0.25) is 0 Å². The highest BCUT2D eigenvalue weighted by Gasteiger charge is 2.41. The second kappa shape index (κ2) is 9.14. The number of hydrogen-bond acceptors (Lipinski definition) is 9. The first-order valence-corrected chi connectivity index (χ1v) is 14.1. The van der Waals surface area contributed by atoms with E-state index in [2.05, 4.69) is 9.58 Å². The van der Waals surface area contributed by atoms with Crippen molar-refractivity contribution in [3.05, 3.63) is 30.5 Å². The van der Waals surface area contributed by atoms with Crippen LogP contribution in [0, 0.1) is 0 Å². The topological polar surface area (TPSA) is 104 Å². The molecule has 11 nitrogen and oxygen atoms in total. The minimum Gasteiger partial charge on any atom is -0.447 e. The molecule has 1 amide bonds. The molecule has 1 aliphatic carbocycles. The van der Waals surface area contributed by atoms with Crippen LogP contribution in [-0.4, -0.2) is 83.3 Å². The van der Waals surface area contributed by atoms with Crippen molar-refractivity contribution < 1.29 is 23.7 Å². The summed E-state index contributed by atoms with van der Waals surface area (Å²) >= 11 is 0. The lowest BCUT2D eigenvalue weighted by Gasteiger charge is -2.35. The number of hydrogen-bond donors (Lipinski definition) is 0. The van der Waals surface area contributed by atoms with Crippen molar-refractivity contribution >= 4 is 28.6 Å². The summed E-state index contributed by atoms with van der Waals surface area (Å²) in [4.78, 5) is 26.2. The number of benzene rings is 1. The van der Waals surface area contributed by atoms with Gasteiger partial charge < -0.3 is 23.8 Å². The number of nitrogens with zero attached hydrogens (tertiary/aromatic N) is 6. The van der Waals surface area contributed by atoms with Crippen LogP contribution in [0.5, 0.6) is 0 Å². The van der Waals surface area contributed by atoms with E-state index in [9.17, 15) is 4.79 Å². The third-order valence-corrected chi connectivity index (χ3v) is 8.85. The molecular formula is C28H32N6O5. The number of cyclic esters (lactones) is 1. The van der Waals surface area contributed by atoms with Gasteiger partial charge in [0.15, 0.2) is 17.3 Å². The maximum absolute atomic E-state index is 12.0. The quantitative estimate of drug-likeness (QED) is 0.498. The van der Waals surface area contributed by atoms with Crippen LogP contribution >= 0.6 is 0 Å². The van der Waals surface area contributed by atoms with Crippen LogP contribution in [0.25, 0.3) is 22.4 Å². The summed E-state index contributed by atoms with van der Waals surface area (Å²) in [5.41, 5.74) is 2.56. The van der Waals surface area contributed by atoms with E-state index in [-0.39, 0.29) is 24.3 Å². The maximum Gasteiger partial charge on any atom is 0.414 e. The third kappa shape index (κ3) is 4.06.